The minimum absolute atomic E-state index is 0.258. The van der Waals surface area contributed by atoms with Crippen LogP contribution in [0.5, 0.6) is 5.75 Å². The molecule has 1 aromatic rings. The zero-order valence-electron chi connectivity index (χ0n) is 15.9. The zero-order valence-corrected chi connectivity index (χ0v) is 16.8. The molecule has 0 saturated carbocycles. The number of benzene rings is 1. The third kappa shape index (κ3) is 4.48. The van der Waals surface area contributed by atoms with Gasteiger partial charge >= 0.3 is 6.09 Å². The van der Waals surface area contributed by atoms with Gasteiger partial charge in [-0.2, -0.15) is 4.31 Å². The maximum atomic E-state index is 13.0. The summed E-state index contributed by atoms with van der Waals surface area (Å²) in [5.74, 6) is 0.718. The Kier molecular flexibility index (Phi) is 6.88. The average molecular weight is 384 g/mol. The van der Waals surface area contributed by atoms with Gasteiger partial charge < -0.3 is 14.4 Å². The van der Waals surface area contributed by atoms with Gasteiger partial charge in [0.05, 0.1) is 18.1 Å². The molecule has 0 radical (unpaired) electrons. The van der Waals surface area contributed by atoms with Crippen molar-refractivity contribution in [1.82, 2.24) is 9.21 Å². The fourth-order valence-corrected chi connectivity index (χ4v) is 4.59. The van der Waals surface area contributed by atoms with Crippen LogP contribution in [0.15, 0.2) is 17.0 Å². The number of rotatable bonds is 6. The number of piperazine rings is 1. The van der Waals surface area contributed by atoms with Gasteiger partial charge in [0.15, 0.2) is 0 Å². The summed E-state index contributed by atoms with van der Waals surface area (Å²) in [4.78, 5) is 13.6. The number of aryl methyl sites for hydroxylation is 2. The molecule has 7 nitrogen and oxygen atoms in total. The van der Waals surface area contributed by atoms with Crippen molar-refractivity contribution in [3.8, 4) is 5.75 Å². The molecule has 0 N–H and O–H groups in total. The number of carbonyl (C=O) groups excluding carboxylic acids is 1. The molecule has 0 bridgehead atoms. The molecule has 1 heterocycles. The van der Waals surface area contributed by atoms with Gasteiger partial charge in [0.2, 0.25) is 10.0 Å². The molecule has 1 saturated heterocycles. The lowest BCUT2D eigenvalue weighted by Gasteiger charge is -2.33. The van der Waals surface area contributed by atoms with E-state index >= 15 is 0 Å². The van der Waals surface area contributed by atoms with E-state index in [1.54, 1.807) is 26.0 Å². The van der Waals surface area contributed by atoms with Gasteiger partial charge in [0.25, 0.3) is 0 Å². The van der Waals surface area contributed by atoms with E-state index in [1.807, 2.05) is 13.8 Å². The molecule has 26 heavy (non-hydrogen) atoms. The molecule has 1 fully saturated rings. The van der Waals surface area contributed by atoms with Crippen LogP contribution in [-0.4, -0.2) is 63.1 Å². The van der Waals surface area contributed by atoms with Crippen LogP contribution in [0.3, 0.4) is 0 Å². The van der Waals surface area contributed by atoms with E-state index in [0.717, 1.165) is 17.7 Å². The van der Waals surface area contributed by atoms with Crippen molar-refractivity contribution in [3.63, 3.8) is 0 Å². The van der Waals surface area contributed by atoms with Crippen LogP contribution < -0.4 is 4.74 Å². The van der Waals surface area contributed by atoms with Crippen LogP contribution in [0, 0.1) is 13.8 Å². The first-order valence-electron chi connectivity index (χ1n) is 8.97. The SMILES string of the molecule is CCCOc1cc(C)c(S(=O)(=O)N2CCN(C(=O)OCC)CC2)cc1C. The minimum Gasteiger partial charge on any atom is -0.493 e. The molecular formula is C18H28N2O5S. The first kappa shape index (κ1) is 20.5. The lowest BCUT2D eigenvalue weighted by atomic mass is 10.1. The third-order valence-electron chi connectivity index (χ3n) is 4.32. The molecule has 1 amide bonds. The molecule has 1 aliphatic rings. The maximum absolute atomic E-state index is 13.0. The van der Waals surface area contributed by atoms with E-state index in [-0.39, 0.29) is 13.1 Å². The molecule has 1 aromatic carbocycles. The van der Waals surface area contributed by atoms with Crippen LogP contribution in [0.4, 0.5) is 4.79 Å². The number of carbonyl (C=O) groups is 1. The molecule has 0 atom stereocenters. The normalized spacial score (nSPS) is 15.8. The topological polar surface area (TPSA) is 76.2 Å². The van der Waals surface area contributed by atoms with Crippen molar-refractivity contribution < 1.29 is 22.7 Å². The van der Waals surface area contributed by atoms with Crippen molar-refractivity contribution in [1.29, 1.82) is 0 Å². The monoisotopic (exact) mass is 384 g/mol. The summed E-state index contributed by atoms with van der Waals surface area (Å²) >= 11 is 0. The highest BCUT2D eigenvalue weighted by Gasteiger charge is 2.31. The van der Waals surface area contributed by atoms with E-state index in [2.05, 4.69) is 0 Å². The van der Waals surface area contributed by atoms with Crippen molar-refractivity contribution in [2.75, 3.05) is 39.4 Å². The first-order valence-corrected chi connectivity index (χ1v) is 10.4. The van der Waals surface area contributed by atoms with Gasteiger partial charge in [-0.1, -0.05) is 6.92 Å². The molecule has 146 valence electrons. The summed E-state index contributed by atoms with van der Waals surface area (Å²) < 4.78 is 38.2. The fourth-order valence-electron chi connectivity index (χ4n) is 2.87. The maximum Gasteiger partial charge on any atom is 0.409 e. The van der Waals surface area contributed by atoms with E-state index in [1.165, 1.54) is 9.21 Å². The number of ether oxygens (including phenoxy) is 2. The quantitative estimate of drug-likeness (QED) is 0.753. The van der Waals surface area contributed by atoms with Gasteiger partial charge in [0, 0.05) is 26.2 Å². The fraction of sp³-hybridized carbons (Fsp3) is 0.611. The minimum atomic E-state index is -3.61. The summed E-state index contributed by atoms with van der Waals surface area (Å²) in [6, 6.07) is 3.46. The molecule has 0 unspecified atom stereocenters. The zero-order chi connectivity index (χ0) is 19.3. The van der Waals surface area contributed by atoms with Crippen LogP contribution >= 0.6 is 0 Å². The first-order chi connectivity index (χ1) is 12.3. The van der Waals surface area contributed by atoms with Gasteiger partial charge in [-0.05, 0) is 50.5 Å². The van der Waals surface area contributed by atoms with Crippen LogP contribution in [0.1, 0.15) is 31.4 Å². The molecule has 2 rings (SSSR count). The van der Waals surface area contributed by atoms with Gasteiger partial charge in [-0.25, -0.2) is 13.2 Å². The Bertz CT molecular complexity index is 740. The number of sulfonamides is 1. The van der Waals surface area contributed by atoms with Crippen molar-refractivity contribution >= 4 is 16.1 Å². The summed E-state index contributed by atoms with van der Waals surface area (Å²) in [5.41, 5.74) is 1.46. The Morgan fingerprint density at radius 2 is 1.73 bits per heavy atom. The number of amides is 1. The Morgan fingerprint density at radius 3 is 2.31 bits per heavy atom. The van der Waals surface area contributed by atoms with Crippen molar-refractivity contribution in [2.24, 2.45) is 0 Å². The summed E-state index contributed by atoms with van der Waals surface area (Å²) in [6.07, 6.45) is 0.498. The summed E-state index contributed by atoms with van der Waals surface area (Å²) in [6.45, 7) is 9.48. The predicted molar refractivity (Wildman–Crippen MR) is 99.1 cm³/mol. The second-order valence-corrected chi connectivity index (χ2v) is 8.23. The summed E-state index contributed by atoms with van der Waals surface area (Å²) in [7, 11) is -3.61. The highest BCUT2D eigenvalue weighted by atomic mass is 32.2. The smallest absolute Gasteiger partial charge is 0.409 e. The second kappa shape index (κ2) is 8.73. The van der Waals surface area contributed by atoms with Crippen LogP contribution in [0.25, 0.3) is 0 Å². The molecule has 1 aliphatic heterocycles. The van der Waals surface area contributed by atoms with E-state index < -0.39 is 16.1 Å². The Labute approximate surface area is 155 Å². The van der Waals surface area contributed by atoms with E-state index in [4.69, 9.17) is 9.47 Å². The van der Waals surface area contributed by atoms with Crippen molar-refractivity contribution in [2.45, 2.75) is 39.0 Å². The lowest BCUT2D eigenvalue weighted by molar-refractivity contribution is 0.0934. The largest absolute Gasteiger partial charge is 0.493 e. The highest BCUT2D eigenvalue weighted by molar-refractivity contribution is 7.89. The van der Waals surface area contributed by atoms with Crippen molar-refractivity contribution in [3.05, 3.63) is 23.3 Å². The predicted octanol–water partition coefficient (Wildman–Crippen LogP) is 2.56. The molecular weight excluding hydrogens is 356 g/mol. The molecule has 0 aliphatic carbocycles. The van der Waals surface area contributed by atoms with E-state index in [9.17, 15) is 13.2 Å². The number of nitrogens with zero attached hydrogens (tertiary/aromatic N) is 2. The Morgan fingerprint density at radius 1 is 1.08 bits per heavy atom. The van der Waals surface area contributed by atoms with Crippen LogP contribution in [0.2, 0.25) is 0 Å². The standard InChI is InChI=1S/C18H28N2O5S/c1-5-11-25-16-12-15(4)17(13-14(16)3)26(22,23)20-9-7-19(8-10-20)18(21)24-6-2/h12-13H,5-11H2,1-4H3. The lowest BCUT2D eigenvalue weighted by Crippen LogP contribution is -2.50. The van der Waals surface area contributed by atoms with Gasteiger partial charge in [-0.15, -0.1) is 0 Å². The summed E-state index contributed by atoms with van der Waals surface area (Å²) in [5, 5.41) is 0. The molecule has 0 aromatic heterocycles. The van der Waals surface area contributed by atoms with Gasteiger partial charge in [-0.3, -0.25) is 0 Å². The van der Waals surface area contributed by atoms with Gasteiger partial charge in [0.1, 0.15) is 5.75 Å². The third-order valence-corrected chi connectivity index (χ3v) is 6.36. The second-order valence-electron chi connectivity index (χ2n) is 6.32. The van der Waals surface area contributed by atoms with Crippen LogP contribution in [-0.2, 0) is 14.8 Å². The number of hydrogen-bond donors (Lipinski definition) is 0. The molecule has 0 spiro atoms. The number of hydrogen-bond acceptors (Lipinski definition) is 5. The van der Waals surface area contributed by atoms with E-state index in [0.29, 0.717) is 36.8 Å². The average Bonchev–Trinajstić information content (AvgIpc) is 2.62. The Balaban J connectivity index is 2.16. The highest BCUT2D eigenvalue weighted by Crippen LogP contribution is 2.28. The molecule has 8 heteroatoms. The Hall–Kier alpha value is -1.80.